The molecule has 0 fully saturated rings. The second-order valence-electron chi connectivity index (χ2n) is 5.63. The van der Waals surface area contributed by atoms with Crippen LogP contribution in [0, 0.1) is 11.7 Å². The molecule has 0 aliphatic rings. The molecule has 1 heterocycles. The van der Waals surface area contributed by atoms with E-state index in [2.05, 4.69) is 20.5 Å². The van der Waals surface area contributed by atoms with Crippen molar-refractivity contribution in [3.8, 4) is 11.4 Å². The van der Waals surface area contributed by atoms with E-state index in [1.165, 1.54) is 13.0 Å². The van der Waals surface area contributed by atoms with Crippen molar-refractivity contribution in [2.24, 2.45) is 5.92 Å². The molecule has 128 valence electrons. The predicted octanol–water partition coefficient (Wildman–Crippen LogP) is 2.43. The van der Waals surface area contributed by atoms with Gasteiger partial charge in [-0.15, -0.1) is 5.10 Å². The van der Waals surface area contributed by atoms with Crippen molar-refractivity contribution in [2.75, 3.05) is 5.75 Å². The van der Waals surface area contributed by atoms with Gasteiger partial charge in [0.25, 0.3) is 0 Å². The van der Waals surface area contributed by atoms with Crippen LogP contribution >= 0.6 is 11.8 Å². The van der Waals surface area contributed by atoms with Crippen molar-refractivity contribution in [3.63, 3.8) is 0 Å². The maximum Gasteiger partial charge on any atom is 0.231 e. The Morgan fingerprint density at radius 2 is 2.04 bits per heavy atom. The first-order valence-electron chi connectivity index (χ1n) is 7.48. The first-order chi connectivity index (χ1) is 11.4. The first-order valence-corrected chi connectivity index (χ1v) is 8.47. The summed E-state index contributed by atoms with van der Waals surface area (Å²) in [5.41, 5.74) is 0.317. The van der Waals surface area contributed by atoms with Gasteiger partial charge in [-0.05, 0) is 25.0 Å². The Morgan fingerprint density at radius 3 is 2.67 bits per heavy atom. The van der Waals surface area contributed by atoms with Gasteiger partial charge in [0.05, 0.1) is 17.4 Å². The number of aromatic amines is 1. The lowest BCUT2D eigenvalue weighted by Gasteiger charge is -2.19. The molecule has 0 saturated heterocycles. The molecular formula is C16H19FN4O2S. The molecule has 1 amide bonds. The van der Waals surface area contributed by atoms with Crippen molar-refractivity contribution < 1.29 is 14.0 Å². The fraction of sp³-hybridized carbons (Fsp3) is 0.375. The number of amides is 1. The summed E-state index contributed by atoms with van der Waals surface area (Å²) >= 11 is 1.12. The van der Waals surface area contributed by atoms with Gasteiger partial charge < -0.3 is 5.32 Å². The number of carbonyl (C=O) groups excluding carboxylic acids is 2. The van der Waals surface area contributed by atoms with E-state index in [-0.39, 0.29) is 23.4 Å². The van der Waals surface area contributed by atoms with Crippen LogP contribution in [0.1, 0.15) is 20.8 Å². The zero-order valence-corrected chi connectivity index (χ0v) is 14.5. The van der Waals surface area contributed by atoms with E-state index < -0.39 is 11.9 Å². The normalized spacial score (nSPS) is 12.2. The summed E-state index contributed by atoms with van der Waals surface area (Å²) in [7, 11) is 0. The van der Waals surface area contributed by atoms with Crippen molar-refractivity contribution in [3.05, 3.63) is 30.1 Å². The standard InChI is InChI=1S/C16H19FN4O2S/c1-9(2)14(10(3)22)18-13(23)8-24-16-19-15(20-21-16)11-6-4-5-7-12(11)17/h4-7,9,14H,8H2,1-3H3,(H,18,23)(H,19,20,21). The highest BCUT2D eigenvalue weighted by Gasteiger charge is 2.21. The monoisotopic (exact) mass is 350 g/mol. The summed E-state index contributed by atoms with van der Waals surface area (Å²) in [6.07, 6.45) is 0. The van der Waals surface area contributed by atoms with Crippen LogP contribution in [-0.2, 0) is 9.59 Å². The van der Waals surface area contributed by atoms with Gasteiger partial charge in [-0.2, -0.15) is 0 Å². The minimum absolute atomic E-state index is 0.0209. The molecule has 24 heavy (non-hydrogen) atoms. The Kier molecular flexibility index (Phi) is 6.08. The van der Waals surface area contributed by atoms with Gasteiger partial charge >= 0.3 is 0 Å². The lowest BCUT2D eigenvalue weighted by Crippen LogP contribution is -2.44. The molecule has 8 heteroatoms. The third-order valence-electron chi connectivity index (χ3n) is 3.35. The van der Waals surface area contributed by atoms with E-state index in [4.69, 9.17) is 0 Å². The first kappa shape index (κ1) is 18.1. The molecule has 0 bridgehead atoms. The third kappa shape index (κ3) is 4.64. The van der Waals surface area contributed by atoms with Crippen LogP contribution < -0.4 is 5.32 Å². The topological polar surface area (TPSA) is 87.7 Å². The third-order valence-corrected chi connectivity index (χ3v) is 4.19. The number of hydrogen-bond acceptors (Lipinski definition) is 5. The molecule has 1 unspecified atom stereocenters. The van der Waals surface area contributed by atoms with E-state index in [0.29, 0.717) is 16.5 Å². The second kappa shape index (κ2) is 8.05. The number of carbonyl (C=O) groups is 2. The zero-order chi connectivity index (χ0) is 17.7. The maximum absolute atomic E-state index is 13.7. The van der Waals surface area contributed by atoms with Crippen LogP contribution in [0.15, 0.2) is 29.4 Å². The molecule has 2 aromatic rings. The molecule has 1 aromatic carbocycles. The van der Waals surface area contributed by atoms with Crippen LogP contribution in [0.4, 0.5) is 4.39 Å². The molecule has 0 aliphatic carbocycles. The second-order valence-corrected chi connectivity index (χ2v) is 6.58. The molecule has 6 nitrogen and oxygen atoms in total. The minimum Gasteiger partial charge on any atom is -0.345 e. The number of thioether (sulfide) groups is 1. The number of aromatic nitrogens is 3. The maximum atomic E-state index is 13.7. The Hall–Kier alpha value is -2.22. The Morgan fingerprint density at radius 1 is 1.33 bits per heavy atom. The molecule has 0 spiro atoms. The fourth-order valence-electron chi connectivity index (χ4n) is 2.17. The number of Topliss-reactive ketones (excluding diaryl/α,β-unsaturated/α-hetero) is 1. The van der Waals surface area contributed by atoms with E-state index in [1.807, 2.05) is 13.8 Å². The smallest absolute Gasteiger partial charge is 0.231 e. The van der Waals surface area contributed by atoms with Gasteiger partial charge in [0, 0.05) is 0 Å². The van der Waals surface area contributed by atoms with E-state index in [9.17, 15) is 14.0 Å². The number of hydrogen-bond donors (Lipinski definition) is 2. The molecule has 0 aliphatic heterocycles. The Labute approximate surface area is 143 Å². The highest BCUT2D eigenvalue weighted by molar-refractivity contribution is 7.99. The summed E-state index contributed by atoms with van der Waals surface area (Å²) in [5.74, 6) is -0.351. The number of ketones is 1. The van der Waals surface area contributed by atoms with E-state index >= 15 is 0 Å². The van der Waals surface area contributed by atoms with Crippen molar-refractivity contribution in [1.29, 1.82) is 0 Å². The van der Waals surface area contributed by atoms with Gasteiger partial charge in [0.1, 0.15) is 5.82 Å². The highest BCUT2D eigenvalue weighted by Crippen LogP contribution is 2.21. The van der Waals surface area contributed by atoms with Crippen molar-refractivity contribution >= 4 is 23.5 Å². The summed E-state index contributed by atoms with van der Waals surface area (Å²) in [4.78, 5) is 27.6. The fourth-order valence-corrected chi connectivity index (χ4v) is 2.78. The quantitative estimate of drug-likeness (QED) is 0.749. The predicted molar refractivity (Wildman–Crippen MR) is 90.0 cm³/mol. The van der Waals surface area contributed by atoms with Crippen LogP contribution in [0.5, 0.6) is 0 Å². The van der Waals surface area contributed by atoms with Crippen LogP contribution in [0.25, 0.3) is 11.4 Å². The van der Waals surface area contributed by atoms with Gasteiger partial charge in [0.2, 0.25) is 11.1 Å². The number of nitrogens with zero attached hydrogens (tertiary/aromatic N) is 2. The van der Waals surface area contributed by atoms with Crippen LogP contribution in [0.3, 0.4) is 0 Å². The molecule has 1 atom stereocenters. The van der Waals surface area contributed by atoms with E-state index in [0.717, 1.165) is 11.8 Å². The minimum atomic E-state index is -0.501. The summed E-state index contributed by atoms with van der Waals surface area (Å²) < 4.78 is 13.7. The lowest BCUT2D eigenvalue weighted by atomic mass is 10.0. The average Bonchev–Trinajstić information content (AvgIpc) is 2.99. The number of nitrogens with one attached hydrogen (secondary N) is 2. The summed E-state index contributed by atoms with van der Waals surface area (Å²) in [6, 6.07) is 5.73. The number of benzene rings is 1. The Bertz CT molecular complexity index is 732. The van der Waals surface area contributed by atoms with Gasteiger partial charge in [-0.25, -0.2) is 9.37 Å². The molecule has 2 rings (SSSR count). The lowest BCUT2D eigenvalue weighted by molar-refractivity contribution is -0.126. The van der Waals surface area contributed by atoms with Crippen molar-refractivity contribution in [1.82, 2.24) is 20.5 Å². The molecule has 0 saturated carbocycles. The SMILES string of the molecule is CC(=O)C(NC(=O)CSc1n[nH]c(-c2ccccc2F)n1)C(C)C. The Balaban J connectivity index is 1.95. The highest BCUT2D eigenvalue weighted by atomic mass is 32.2. The average molecular weight is 350 g/mol. The molecule has 1 aromatic heterocycles. The number of H-pyrrole nitrogens is 1. The molecule has 0 radical (unpaired) electrons. The number of rotatable bonds is 7. The summed E-state index contributed by atoms with van der Waals surface area (Å²) in [6.45, 7) is 5.19. The molecular weight excluding hydrogens is 331 g/mol. The van der Waals surface area contributed by atoms with E-state index in [1.54, 1.807) is 18.2 Å². The largest absolute Gasteiger partial charge is 0.345 e. The van der Waals surface area contributed by atoms with Gasteiger partial charge in [-0.3, -0.25) is 14.7 Å². The zero-order valence-electron chi connectivity index (χ0n) is 13.7. The van der Waals surface area contributed by atoms with Crippen LogP contribution in [0.2, 0.25) is 0 Å². The number of halogens is 1. The summed E-state index contributed by atoms with van der Waals surface area (Å²) in [5, 5.41) is 9.66. The molecule has 2 N–H and O–H groups in total. The van der Waals surface area contributed by atoms with Gasteiger partial charge in [-0.1, -0.05) is 37.7 Å². The van der Waals surface area contributed by atoms with Crippen molar-refractivity contribution in [2.45, 2.75) is 32.0 Å². The van der Waals surface area contributed by atoms with Gasteiger partial charge in [0.15, 0.2) is 11.6 Å². The van der Waals surface area contributed by atoms with Crippen LogP contribution in [-0.4, -0.2) is 38.7 Å².